The lowest BCUT2D eigenvalue weighted by Crippen LogP contribution is -2.47. The lowest BCUT2D eigenvalue weighted by atomic mass is 9.85. The van der Waals surface area contributed by atoms with Gasteiger partial charge in [-0.15, -0.1) is 0 Å². The third-order valence-electron chi connectivity index (χ3n) is 8.26. The van der Waals surface area contributed by atoms with Gasteiger partial charge < -0.3 is 30.4 Å². The first-order valence-corrected chi connectivity index (χ1v) is 14.0. The molecule has 2 aliphatic rings. The van der Waals surface area contributed by atoms with E-state index in [0.29, 0.717) is 19.4 Å². The maximum absolute atomic E-state index is 13.2. The number of ether oxygens (including phenoxy) is 1. The highest BCUT2D eigenvalue weighted by Gasteiger charge is 2.32. The number of aromatic nitrogens is 2. The number of aliphatic hydroxyl groups is 1. The van der Waals surface area contributed by atoms with Crippen LogP contribution in [0.3, 0.4) is 0 Å². The van der Waals surface area contributed by atoms with Crippen LogP contribution < -0.4 is 26.0 Å². The summed E-state index contributed by atoms with van der Waals surface area (Å²) in [5.41, 5.74) is 2.72. The van der Waals surface area contributed by atoms with E-state index in [0.717, 1.165) is 59.5 Å². The van der Waals surface area contributed by atoms with Crippen LogP contribution in [0, 0.1) is 12.8 Å². The van der Waals surface area contributed by atoms with Crippen molar-refractivity contribution in [2.75, 3.05) is 30.4 Å². The van der Waals surface area contributed by atoms with Crippen LogP contribution in [0.15, 0.2) is 41.2 Å². The standard InChI is InChI=1S/C30H39N5O5/c1-18-8-11-20(16-25(18)40-4)31-27(36)19-9-12-22(13-10-19)35-24-7-5-6-23(26(24)33-29(35)38)34-15-14-21(17-34)32-28(37)30(2,3)39/h5-8,11,16,19,21-22,39H,9-10,12-15,17H2,1-4H3,(H,31,36)(H,32,37)(H,33,38). The normalized spacial score (nSPS) is 21.4. The van der Waals surface area contributed by atoms with Crippen LogP contribution in [0.4, 0.5) is 11.4 Å². The molecule has 2 amide bonds. The number of methoxy groups -OCH3 is 1. The number of rotatable bonds is 7. The monoisotopic (exact) mass is 549 g/mol. The zero-order chi connectivity index (χ0) is 28.6. The number of benzene rings is 2. The number of fused-ring (bicyclic) bond motifs is 1. The number of para-hydroxylation sites is 1. The zero-order valence-corrected chi connectivity index (χ0v) is 23.6. The summed E-state index contributed by atoms with van der Waals surface area (Å²) >= 11 is 0. The highest BCUT2D eigenvalue weighted by atomic mass is 16.5. The van der Waals surface area contributed by atoms with Gasteiger partial charge in [-0.3, -0.25) is 14.2 Å². The third kappa shape index (κ3) is 5.58. The number of aromatic amines is 1. The van der Waals surface area contributed by atoms with E-state index in [1.54, 1.807) is 7.11 Å². The van der Waals surface area contributed by atoms with Crippen molar-refractivity contribution in [3.8, 4) is 5.75 Å². The fourth-order valence-electron chi connectivity index (χ4n) is 5.96. The highest BCUT2D eigenvalue weighted by molar-refractivity contribution is 5.93. The number of aryl methyl sites for hydroxylation is 1. The van der Waals surface area contributed by atoms with Gasteiger partial charge in [0.15, 0.2) is 0 Å². The minimum absolute atomic E-state index is 0.00169. The van der Waals surface area contributed by atoms with E-state index in [1.807, 2.05) is 47.9 Å². The van der Waals surface area contributed by atoms with Gasteiger partial charge in [0.05, 0.1) is 23.8 Å². The van der Waals surface area contributed by atoms with E-state index in [4.69, 9.17) is 4.74 Å². The Kier molecular flexibility index (Phi) is 7.63. The number of nitrogens with zero attached hydrogens (tertiary/aromatic N) is 2. The first-order chi connectivity index (χ1) is 19.0. The zero-order valence-electron chi connectivity index (χ0n) is 23.6. The van der Waals surface area contributed by atoms with Gasteiger partial charge in [0.2, 0.25) is 5.91 Å². The summed E-state index contributed by atoms with van der Waals surface area (Å²) in [4.78, 5) is 43.7. The fraction of sp³-hybridized carbons (Fsp3) is 0.500. The Bertz CT molecular complexity index is 1460. The molecule has 1 aliphatic heterocycles. The van der Waals surface area contributed by atoms with Crippen LogP contribution in [0.25, 0.3) is 11.0 Å². The van der Waals surface area contributed by atoms with Gasteiger partial charge in [0, 0.05) is 42.8 Å². The van der Waals surface area contributed by atoms with E-state index in [-0.39, 0.29) is 35.5 Å². The minimum Gasteiger partial charge on any atom is -0.496 e. The van der Waals surface area contributed by atoms with Crippen molar-refractivity contribution in [1.82, 2.24) is 14.9 Å². The molecule has 40 heavy (non-hydrogen) atoms. The van der Waals surface area contributed by atoms with Crippen molar-refractivity contribution < 1.29 is 19.4 Å². The second-order valence-corrected chi connectivity index (χ2v) is 11.6. The van der Waals surface area contributed by atoms with Crippen LogP contribution in [0.1, 0.15) is 57.6 Å². The van der Waals surface area contributed by atoms with Gasteiger partial charge in [0.1, 0.15) is 11.4 Å². The summed E-state index contributed by atoms with van der Waals surface area (Å²) in [7, 11) is 1.62. The minimum atomic E-state index is -1.43. The second-order valence-electron chi connectivity index (χ2n) is 11.6. The molecule has 10 nitrogen and oxygen atoms in total. The van der Waals surface area contributed by atoms with E-state index < -0.39 is 5.60 Å². The van der Waals surface area contributed by atoms with Gasteiger partial charge in [-0.25, -0.2) is 4.79 Å². The number of imidazole rings is 1. The second kappa shape index (κ2) is 11.0. The molecule has 1 saturated heterocycles. The van der Waals surface area contributed by atoms with Gasteiger partial charge in [-0.2, -0.15) is 0 Å². The molecule has 5 rings (SSSR count). The molecule has 3 aromatic rings. The molecule has 1 unspecified atom stereocenters. The molecule has 1 aromatic heterocycles. The summed E-state index contributed by atoms with van der Waals surface area (Å²) in [6, 6.07) is 11.5. The molecule has 1 atom stereocenters. The quantitative estimate of drug-likeness (QED) is 0.357. The van der Waals surface area contributed by atoms with Gasteiger partial charge in [0.25, 0.3) is 5.91 Å². The summed E-state index contributed by atoms with van der Waals surface area (Å²) in [5.74, 6) is 0.238. The van der Waals surface area contributed by atoms with Crippen molar-refractivity contribution >= 4 is 34.2 Å². The van der Waals surface area contributed by atoms with Crippen LogP contribution in [-0.2, 0) is 9.59 Å². The molecule has 10 heteroatoms. The lowest BCUT2D eigenvalue weighted by molar-refractivity contribution is -0.137. The summed E-state index contributed by atoms with van der Waals surface area (Å²) < 4.78 is 7.22. The fourth-order valence-corrected chi connectivity index (χ4v) is 5.96. The van der Waals surface area contributed by atoms with Crippen LogP contribution in [0.5, 0.6) is 5.75 Å². The molecule has 4 N–H and O–H groups in total. The number of carbonyl (C=O) groups excluding carboxylic acids is 2. The molecular formula is C30H39N5O5. The smallest absolute Gasteiger partial charge is 0.326 e. The van der Waals surface area contributed by atoms with Crippen molar-refractivity contribution in [1.29, 1.82) is 0 Å². The highest BCUT2D eigenvalue weighted by Crippen LogP contribution is 2.36. The molecule has 0 bridgehead atoms. The molecule has 2 aromatic carbocycles. The van der Waals surface area contributed by atoms with E-state index in [2.05, 4.69) is 20.5 Å². The number of amides is 2. The maximum atomic E-state index is 13.2. The molecule has 1 aliphatic carbocycles. The van der Waals surface area contributed by atoms with E-state index in [9.17, 15) is 19.5 Å². The van der Waals surface area contributed by atoms with Gasteiger partial charge in [-0.05, 0) is 76.6 Å². The van der Waals surface area contributed by atoms with Crippen LogP contribution >= 0.6 is 0 Å². The van der Waals surface area contributed by atoms with Gasteiger partial charge in [-0.1, -0.05) is 12.1 Å². The predicted molar refractivity (Wildman–Crippen MR) is 155 cm³/mol. The lowest BCUT2D eigenvalue weighted by Gasteiger charge is -2.29. The molecule has 214 valence electrons. The van der Waals surface area contributed by atoms with Crippen molar-refractivity contribution in [3.63, 3.8) is 0 Å². The Morgan fingerprint density at radius 3 is 2.55 bits per heavy atom. The number of carbonyl (C=O) groups is 2. The molecule has 0 radical (unpaired) electrons. The first kappa shape index (κ1) is 27.8. The largest absolute Gasteiger partial charge is 0.496 e. The molecule has 0 spiro atoms. The average molecular weight is 550 g/mol. The van der Waals surface area contributed by atoms with E-state index in [1.165, 1.54) is 13.8 Å². The van der Waals surface area contributed by atoms with E-state index >= 15 is 0 Å². The SMILES string of the molecule is COc1cc(NC(=O)C2CCC(n3c(=O)[nH]c4c(N5CCC(NC(=O)C(C)(C)O)C5)cccc43)CC2)ccc1C. The Balaban J connectivity index is 1.26. The maximum Gasteiger partial charge on any atom is 0.326 e. The Labute approximate surface area is 233 Å². The number of anilines is 2. The summed E-state index contributed by atoms with van der Waals surface area (Å²) in [5, 5.41) is 15.9. The molecule has 2 fully saturated rings. The first-order valence-electron chi connectivity index (χ1n) is 14.0. The number of nitrogens with one attached hydrogen (secondary N) is 3. The molecule has 1 saturated carbocycles. The Morgan fingerprint density at radius 2 is 1.85 bits per heavy atom. The van der Waals surface area contributed by atoms with Crippen molar-refractivity contribution in [2.45, 2.75) is 70.6 Å². The average Bonchev–Trinajstić information content (AvgIpc) is 3.52. The summed E-state index contributed by atoms with van der Waals surface area (Å²) in [6.07, 6.45) is 3.63. The van der Waals surface area contributed by atoms with Crippen molar-refractivity contribution in [3.05, 3.63) is 52.4 Å². The summed E-state index contributed by atoms with van der Waals surface area (Å²) in [6.45, 7) is 6.25. The number of hydrogen-bond donors (Lipinski definition) is 4. The van der Waals surface area contributed by atoms with Crippen LogP contribution in [0.2, 0.25) is 0 Å². The van der Waals surface area contributed by atoms with Crippen molar-refractivity contribution in [2.24, 2.45) is 5.92 Å². The van der Waals surface area contributed by atoms with Crippen LogP contribution in [-0.4, -0.2) is 58.3 Å². The number of hydrogen-bond acceptors (Lipinski definition) is 6. The Morgan fingerprint density at radius 1 is 1.10 bits per heavy atom. The third-order valence-corrected chi connectivity index (χ3v) is 8.26. The molecular weight excluding hydrogens is 510 g/mol. The molecule has 2 heterocycles. The topological polar surface area (TPSA) is 129 Å². The Hall–Kier alpha value is -3.79. The van der Waals surface area contributed by atoms with Gasteiger partial charge >= 0.3 is 5.69 Å². The number of H-pyrrole nitrogens is 1. The predicted octanol–water partition coefficient (Wildman–Crippen LogP) is 3.48.